The standard InChI is InChI=1S/C18H23N3O2/c1-2-9-21-13-15(14-5-7-19-8-6-14)11-17(21)18(22)20-12-16-4-3-10-23-16/h5-8,11,13,16H,2-4,9-10,12H2,1H3,(H,20,22). The van der Waals surface area contributed by atoms with Gasteiger partial charge in [0.2, 0.25) is 0 Å². The molecule has 1 saturated heterocycles. The Kier molecular flexibility index (Phi) is 5.08. The maximum absolute atomic E-state index is 12.5. The smallest absolute Gasteiger partial charge is 0.268 e. The molecule has 2 aromatic rings. The molecule has 3 rings (SSSR count). The molecule has 23 heavy (non-hydrogen) atoms. The summed E-state index contributed by atoms with van der Waals surface area (Å²) in [5, 5.41) is 3.01. The first-order valence-corrected chi connectivity index (χ1v) is 8.28. The van der Waals surface area contributed by atoms with Crippen molar-refractivity contribution in [2.24, 2.45) is 0 Å². The van der Waals surface area contributed by atoms with Gasteiger partial charge in [0.1, 0.15) is 5.69 Å². The van der Waals surface area contributed by atoms with Crippen molar-refractivity contribution in [2.45, 2.75) is 38.8 Å². The van der Waals surface area contributed by atoms with E-state index < -0.39 is 0 Å². The minimum absolute atomic E-state index is 0.0331. The third-order valence-electron chi connectivity index (χ3n) is 4.12. The molecule has 1 atom stereocenters. The lowest BCUT2D eigenvalue weighted by Gasteiger charge is -2.12. The molecule has 5 heteroatoms. The zero-order valence-corrected chi connectivity index (χ0v) is 13.5. The summed E-state index contributed by atoms with van der Waals surface area (Å²) in [5.41, 5.74) is 2.82. The van der Waals surface area contributed by atoms with Crippen molar-refractivity contribution in [3.8, 4) is 11.1 Å². The van der Waals surface area contributed by atoms with E-state index in [-0.39, 0.29) is 12.0 Å². The molecule has 0 aliphatic carbocycles. The summed E-state index contributed by atoms with van der Waals surface area (Å²) in [6, 6.07) is 5.87. The van der Waals surface area contributed by atoms with E-state index in [1.807, 2.05) is 29.0 Å². The van der Waals surface area contributed by atoms with Crippen LogP contribution in [0.25, 0.3) is 11.1 Å². The van der Waals surface area contributed by atoms with Crippen molar-refractivity contribution < 1.29 is 9.53 Å². The van der Waals surface area contributed by atoms with Gasteiger partial charge in [-0.25, -0.2) is 0 Å². The minimum atomic E-state index is -0.0331. The van der Waals surface area contributed by atoms with Crippen molar-refractivity contribution in [3.05, 3.63) is 42.5 Å². The van der Waals surface area contributed by atoms with Crippen LogP contribution in [0.5, 0.6) is 0 Å². The van der Waals surface area contributed by atoms with E-state index in [1.54, 1.807) is 12.4 Å². The van der Waals surface area contributed by atoms with Crippen LogP contribution in [0.3, 0.4) is 0 Å². The number of aromatic nitrogens is 2. The Morgan fingerprint density at radius 1 is 1.39 bits per heavy atom. The molecule has 0 bridgehead atoms. The van der Waals surface area contributed by atoms with Crippen LogP contribution >= 0.6 is 0 Å². The van der Waals surface area contributed by atoms with Gasteiger partial charge in [0.25, 0.3) is 5.91 Å². The fourth-order valence-electron chi connectivity index (χ4n) is 2.93. The zero-order valence-electron chi connectivity index (χ0n) is 13.5. The molecular weight excluding hydrogens is 290 g/mol. The summed E-state index contributed by atoms with van der Waals surface area (Å²) in [6.45, 7) is 4.33. The first-order chi connectivity index (χ1) is 11.3. The van der Waals surface area contributed by atoms with E-state index in [4.69, 9.17) is 4.74 Å². The number of carbonyl (C=O) groups excluding carboxylic acids is 1. The number of hydrogen-bond acceptors (Lipinski definition) is 3. The van der Waals surface area contributed by atoms with E-state index in [9.17, 15) is 4.79 Å². The summed E-state index contributed by atoms with van der Waals surface area (Å²) in [4.78, 5) is 16.6. The highest BCUT2D eigenvalue weighted by Crippen LogP contribution is 2.22. The SMILES string of the molecule is CCCn1cc(-c2ccncc2)cc1C(=O)NCC1CCCO1. The maximum Gasteiger partial charge on any atom is 0.268 e. The summed E-state index contributed by atoms with van der Waals surface area (Å²) in [7, 11) is 0. The van der Waals surface area contributed by atoms with Crippen molar-refractivity contribution in [2.75, 3.05) is 13.2 Å². The van der Waals surface area contributed by atoms with Gasteiger partial charge in [-0.3, -0.25) is 9.78 Å². The third-order valence-corrected chi connectivity index (χ3v) is 4.12. The molecule has 5 nitrogen and oxygen atoms in total. The molecular formula is C18H23N3O2. The number of pyridine rings is 1. The van der Waals surface area contributed by atoms with E-state index in [2.05, 4.69) is 17.2 Å². The fraction of sp³-hybridized carbons (Fsp3) is 0.444. The summed E-state index contributed by atoms with van der Waals surface area (Å²) in [5.74, 6) is -0.0331. The van der Waals surface area contributed by atoms with Crippen LogP contribution in [0.1, 0.15) is 36.7 Å². The maximum atomic E-state index is 12.5. The van der Waals surface area contributed by atoms with Gasteiger partial charge < -0.3 is 14.6 Å². The Bertz CT molecular complexity index is 646. The van der Waals surface area contributed by atoms with E-state index >= 15 is 0 Å². The van der Waals surface area contributed by atoms with E-state index in [0.717, 1.165) is 43.5 Å². The third kappa shape index (κ3) is 3.79. The summed E-state index contributed by atoms with van der Waals surface area (Å²) in [6.07, 6.45) is 8.83. The lowest BCUT2D eigenvalue weighted by Crippen LogP contribution is -2.33. The molecule has 3 heterocycles. The second kappa shape index (κ2) is 7.42. The lowest BCUT2D eigenvalue weighted by molar-refractivity contribution is 0.0850. The van der Waals surface area contributed by atoms with Crippen LogP contribution in [0.4, 0.5) is 0 Å². The quantitative estimate of drug-likeness (QED) is 0.892. The normalized spacial score (nSPS) is 17.3. The zero-order chi connectivity index (χ0) is 16.1. The highest BCUT2D eigenvalue weighted by atomic mass is 16.5. The molecule has 1 unspecified atom stereocenters. The van der Waals surface area contributed by atoms with Gasteiger partial charge >= 0.3 is 0 Å². The number of carbonyl (C=O) groups is 1. The lowest BCUT2D eigenvalue weighted by atomic mass is 10.1. The van der Waals surface area contributed by atoms with E-state index in [0.29, 0.717) is 12.2 Å². The largest absolute Gasteiger partial charge is 0.376 e. The Balaban J connectivity index is 1.76. The highest BCUT2D eigenvalue weighted by molar-refractivity contribution is 5.94. The first kappa shape index (κ1) is 15.7. The van der Waals surface area contributed by atoms with Gasteiger partial charge in [0, 0.05) is 43.9 Å². The van der Waals surface area contributed by atoms with Crippen molar-refractivity contribution in [3.63, 3.8) is 0 Å². The number of nitrogens with zero attached hydrogens (tertiary/aromatic N) is 2. The number of amides is 1. The topological polar surface area (TPSA) is 56.2 Å². The number of nitrogens with one attached hydrogen (secondary N) is 1. The van der Waals surface area contributed by atoms with Gasteiger partial charge in [-0.05, 0) is 43.0 Å². The number of rotatable bonds is 6. The molecule has 0 aromatic carbocycles. The molecule has 1 N–H and O–H groups in total. The molecule has 0 radical (unpaired) electrons. The van der Waals surface area contributed by atoms with Gasteiger partial charge in [-0.15, -0.1) is 0 Å². The van der Waals surface area contributed by atoms with Crippen molar-refractivity contribution in [1.29, 1.82) is 0 Å². The molecule has 1 aliphatic heterocycles. The van der Waals surface area contributed by atoms with Gasteiger partial charge in [-0.2, -0.15) is 0 Å². The number of hydrogen-bond donors (Lipinski definition) is 1. The molecule has 2 aromatic heterocycles. The molecule has 0 spiro atoms. The highest BCUT2D eigenvalue weighted by Gasteiger charge is 2.19. The summed E-state index contributed by atoms with van der Waals surface area (Å²) < 4.78 is 7.59. The van der Waals surface area contributed by atoms with Crippen LogP contribution in [0.2, 0.25) is 0 Å². The fourth-order valence-corrected chi connectivity index (χ4v) is 2.93. The number of aryl methyl sites for hydroxylation is 1. The van der Waals surface area contributed by atoms with Crippen LogP contribution in [0.15, 0.2) is 36.8 Å². The van der Waals surface area contributed by atoms with Gasteiger partial charge in [0.15, 0.2) is 0 Å². The Labute approximate surface area is 136 Å². The molecule has 1 fully saturated rings. The Morgan fingerprint density at radius 3 is 2.91 bits per heavy atom. The molecule has 1 amide bonds. The Hall–Kier alpha value is -2.14. The van der Waals surface area contributed by atoms with Crippen LogP contribution in [0, 0.1) is 0 Å². The second-order valence-electron chi connectivity index (χ2n) is 5.89. The average molecular weight is 313 g/mol. The molecule has 1 aliphatic rings. The van der Waals surface area contributed by atoms with E-state index in [1.165, 1.54) is 0 Å². The minimum Gasteiger partial charge on any atom is -0.376 e. The molecule has 122 valence electrons. The molecule has 0 saturated carbocycles. The first-order valence-electron chi connectivity index (χ1n) is 8.28. The van der Waals surface area contributed by atoms with Crippen LogP contribution < -0.4 is 5.32 Å². The monoisotopic (exact) mass is 313 g/mol. The van der Waals surface area contributed by atoms with Crippen molar-refractivity contribution in [1.82, 2.24) is 14.9 Å². The van der Waals surface area contributed by atoms with Gasteiger partial charge in [0.05, 0.1) is 6.10 Å². The van der Waals surface area contributed by atoms with Crippen LogP contribution in [-0.4, -0.2) is 34.7 Å². The predicted molar refractivity (Wildman–Crippen MR) is 89.3 cm³/mol. The second-order valence-corrected chi connectivity index (χ2v) is 5.89. The van der Waals surface area contributed by atoms with Crippen LogP contribution in [-0.2, 0) is 11.3 Å². The van der Waals surface area contributed by atoms with Gasteiger partial charge in [-0.1, -0.05) is 6.92 Å². The Morgan fingerprint density at radius 2 is 2.22 bits per heavy atom. The number of ether oxygens (including phenoxy) is 1. The average Bonchev–Trinajstić information content (AvgIpc) is 3.23. The predicted octanol–water partition coefficient (Wildman–Crippen LogP) is 2.87. The van der Waals surface area contributed by atoms with Crippen molar-refractivity contribution >= 4 is 5.91 Å². The summed E-state index contributed by atoms with van der Waals surface area (Å²) >= 11 is 0.